The predicted molar refractivity (Wildman–Crippen MR) is 69.2 cm³/mol. The third kappa shape index (κ3) is 3.46. The van der Waals surface area contributed by atoms with Gasteiger partial charge in [-0.05, 0) is 38.1 Å². The molecule has 0 saturated carbocycles. The molecule has 1 unspecified atom stereocenters. The van der Waals surface area contributed by atoms with Gasteiger partial charge in [-0.3, -0.25) is 4.79 Å². The molecule has 1 atom stereocenters. The number of amides is 1. The Morgan fingerprint density at radius 3 is 2.47 bits per heavy atom. The Morgan fingerprint density at radius 2 is 2.00 bits per heavy atom. The van der Waals surface area contributed by atoms with Crippen LogP contribution < -0.4 is 5.32 Å². The number of benzene rings is 1. The molecule has 0 aliphatic rings. The van der Waals surface area contributed by atoms with Crippen LogP contribution in [0.5, 0.6) is 0 Å². The van der Waals surface area contributed by atoms with Gasteiger partial charge in [-0.25, -0.2) is 0 Å². The van der Waals surface area contributed by atoms with Gasteiger partial charge in [0.2, 0.25) is 0 Å². The number of likely N-dealkylation sites (N-methyl/N-ethyl adjacent to an activating group) is 1. The van der Waals surface area contributed by atoms with Crippen LogP contribution in [0.2, 0.25) is 0 Å². The number of rotatable bonds is 5. The zero-order valence-corrected chi connectivity index (χ0v) is 10.6. The van der Waals surface area contributed by atoms with E-state index in [1.54, 1.807) is 24.1 Å². The topological polar surface area (TPSA) is 52.6 Å². The van der Waals surface area contributed by atoms with E-state index in [-0.39, 0.29) is 18.6 Å². The summed E-state index contributed by atoms with van der Waals surface area (Å²) in [6, 6.07) is 7.18. The molecule has 1 aromatic carbocycles. The minimum atomic E-state index is -0.170. The standard InChI is InChI=1S/C13H20N2O2/c1-4-14-12-7-5-11(6-8-12)13(17)15(3)10(2)9-16/h5-8,10,14,16H,4,9H2,1-3H3. The van der Waals surface area contributed by atoms with Crippen LogP contribution in [-0.4, -0.2) is 42.2 Å². The van der Waals surface area contributed by atoms with E-state index in [2.05, 4.69) is 5.32 Å². The highest BCUT2D eigenvalue weighted by Gasteiger charge is 2.16. The number of nitrogens with zero attached hydrogens (tertiary/aromatic N) is 1. The molecule has 0 saturated heterocycles. The molecule has 0 spiro atoms. The van der Waals surface area contributed by atoms with E-state index in [0.29, 0.717) is 5.56 Å². The summed E-state index contributed by atoms with van der Waals surface area (Å²) in [7, 11) is 1.70. The lowest BCUT2D eigenvalue weighted by molar-refractivity contribution is 0.0682. The fourth-order valence-electron chi connectivity index (χ4n) is 1.46. The Morgan fingerprint density at radius 1 is 1.41 bits per heavy atom. The number of anilines is 1. The van der Waals surface area contributed by atoms with E-state index >= 15 is 0 Å². The van der Waals surface area contributed by atoms with Gasteiger partial charge in [-0.1, -0.05) is 0 Å². The van der Waals surface area contributed by atoms with E-state index in [1.165, 1.54) is 0 Å². The summed E-state index contributed by atoms with van der Waals surface area (Å²) in [6.45, 7) is 4.66. The second-order valence-electron chi connectivity index (χ2n) is 4.06. The molecule has 0 aliphatic heterocycles. The van der Waals surface area contributed by atoms with Crippen LogP contribution in [0.25, 0.3) is 0 Å². The molecule has 4 heteroatoms. The van der Waals surface area contributed by atoms with E-state index in [0.717, 1.165) is 12.2 Å². The van der Waals surface area contributed by atoms with Crippen molar-refractivity contribution in [3.63, 3.8) is 0 Å². The summed E-state index contributed by atoms with van der Waals surface area (Å²) in [5, 5.41) is 12.2. The summed E-state index contributed by atoms with van der Waals surface area (Å²) >= 11 is 0. The number of aliphatic hydroxyl groups excluding tert-OH is 1. The summed E-state index contributed by atoms with van der Waals surface area (Å²) in [5.74, 6) is -0.0744. The van der Waals surface area contributed by atoms with Crippen LogP contribution in [0.1, 0.15) is 24.2 Å². The molecule has 1 aromatic rings. The Labute approximate surface area is 102 Å². The molecule has 1 amide bonds. The lowest BCUT2D eigenvalue weighted by Gasteiger charge is -2.23. The van der Waals surface area contributed by atoms with E-state index in [1.807, 2.05) is 26.0 Å². The van der Waals surface area contributed by atoms with Crippen LogP contribution in [0.15, 0.2) is 24.3 Å². The van der Waals surface area contributed by atoms with Crippen LogP contribution in [0, 0.1) is 0 Å². The monoisotopic (exact) mass is 236 g/mol. The van der Waals surface area contributed by atoms with Gasteiger partial charge >= 0.3 is 0 Å². The first kappa shape index (κ1) is 13.5. The van der Waals surface area contributed by atoms with Crippen molar-refractivity contribution in [2.45, 2.75) is 19.9 Å². The molecule has 0 aromatic heterocycles. The SMILES string of the molecule is CCNc1ccc(C(=O)N(C)C(C)CO)cc1. The summed E-state index contributed by atoms with van der Waals surface area (Å²) in [4.78, 5) is 13.6. The molecule has 0 fully saturated rings. The number of nitrogens with one attached hydrogen (secondary N) is 1. The lowest BCUT2D eigenvalue weighted by atomic mass is 10.1. The smallest absolute Gasteiger partial charge is 0.253 e. The average Bonchev–Trinajstić information content (AvgIpc) is 2.37. The van der Waals surface area contributed by atoms with Crippen LogP contribution in [-0.2, 0) is 0 Å². The molecule has 94 valence electrons. The molecule has 4 nitrogen and oxygen atoms in total. The average molecular weight is 236 g/mol. The first-order valence-corrected chi connectivity index (χ1v) is 5.82. The zero-order chi connectivity index (χ0) is 12.8. The first-order valence-electron chi connectivity index (χ1n) is 5.82. The second kappa shape index (κ2) is 6.25. The normalized spacial score (nSPS) is 12.0. The second-order valence-corrected chi connectivity index (χ2v) is 4.06. The maximum atomic E-state index is 12.0. The first-order chi connectivity index (χ1) is 8.10. The van der Waals surface area contributed by atoms with E-state index in [4.69, 9.17) is 5.11 Å². The maximum absolute atomic E-state index is 12.0. The highest BCUT2D eigenvalue weighted by atomic mass is 16.3. The van der Waals surface area contributed by atoms with Gasteiger partial charge in [0.25, 0.3) is 5.91 Å². The Hall–Kier alpha value is -1.55. The van der Waals surface area contributed by atoms with Gasteiger partial charge in [0, 0.05) is 24.8 Å². The Kier molecular flexibility index (Phi) is 4.97. The quantitative estimate of drug-likeness (QED) is 0.816. The number of carbonyl (C=O) groups is 1. The third-order valence-corrected chi connectivity index (χ3v) is 2.76. The molecule has 0 heterocycles. The Bertz CT molecular complexity index is 362. The van der Waals surface area contributed by atoms with E-state index in [9.17, 15) is 4.79 Å². The molecule has 1 rings (SSSR count). The number of hydrogen-bond acceptors (Lipinski definition) is 3. The zero-order valence-electron chi connectivity index (χ0n) is 10.6. The largest absolute Gasteiger partial charge is 0.394 e. The van der Waals surface area contributed by atoms with Gasteiger partial charge in [0.15, 0.2) is 0 Å². The molecule has 17 heavy (non-hydrogen) atoms. The summed E-state index contributed by atoms with van der Waals surface area (Å²) < 4.78 is 0. The van der Waals surface area contributed by atoms with Gasteiger partial charge < -0.3 is 15.3 Å². The minimum absolute atomic E-state index is 0.0300. The highest BCUT2D eigenvalue weighted by molar-refractivity contribution is 5.94. The lowest BCUT2D eigenvalue weighted by Crippen LogP contribution is -2.37. The fraction of sp³-hybridized carbons (Fsp3) is 0.462. The van der Waals surface area contributed by atoms with Crippen LogP contribution in [0.4, 0.5) is 5.69 Å². The van der Waals surface area contributed by atoms with Crippen molar-refractivity contribution in [1.29, 1.82) is 0 Å². The molecular weight excluding hydrogens is 216 g/mol. The van der Waals surface area contributed by atoms with Gasteiger partial charge in [0.05, 0.1) is 12.6 Å². The van der Waals surface area contributed by atoms with Crippen molar-refractivity contribution in [3.05, 3.63) is 29.8 Å². The summed E-state index contributed by atoms with van der Waals surface area (Å²) in [5.41, 5.74) is 1.64. The van der Waals surface area contributed by atoms with Crippen molar-refractivity contribution in [2.24, 2.45) is 0 Å². The van der Waals surface area contributed by atoms with Crippen molar-refractivity contribution in [1.82, 2.24) is 4.90 Å². The van der Waals surface area contributed by atoms with Crippen molar-refractivity contribution < 1.29 is 9.90 Å². The predicted octanol–water partition coefficient (Wildman–Crippen LogP) is 1.57. The van der Waals surface area contributed by atoms with Crippen molar-refractivity contribution >= 4 is 11.6 Å². The number of carbonyl (C=O) groups excluding carboxylic acids is 1. The van der Waals surface area contributed by atoms with Gasteiger partial charge in [0.1, 0.15) is 0 Å². The molecule has 2 N–H and O–H groups in total. The minimum Gasteiger partial charge on any atom is -0.394 e. The Balaban J connectivity index is 2.75. The van der Waals surface area contributed by atoms with Gasteiger partial charge in [-0.15, -0.1) is 0 Å². The van der Waals surface area contributed by atoms with Crippen molar-refractivity contribution in [2.75, 3.05) is 25.5 Å². The molecule has 0 radical (unpaired) electrons. The highest BCUT2D eigenvalue weighted by Crippen LogP contribution is 2.11. The maximum Gasteiger partial charge on any atom is 0.253 e. The fourth-order valence-corrected chi connectivity index (χ4v) is 1.46. The van der Waals surface area contributed by atoms with Crippen LogP contribution >= 0.6 is 0 Å². The number of hydrogen-bond donors (Lipinski definition) is 2. The number of aliphatic hydroxyl groups is 1. The third-order valence-electron chi connectivity index (χ3n) is 2.76. The molecule has 0 bridgehead atoms. The van der Waals surface area contributed by atoms with E-state index < -0.39 is 0 Å². The molecule has 0 aliphatic carbocycles. The summed E-state index contributed by atoms with van der Waals surface area (Å²) in [6.07, 6.45) is 0. The molecular formula is C13H20N2O2. The van der Waals surface area contributed by atoms with Crippen molar-refractivity contribution in [3.8, 4) is 0 Å². The van der Waals surface area contributed by atoms with Crippen LogP contribution in [0.3, 0.4) is 0 Å². The van der Waals surface area contributed by atoms with Gasteiger partial charge in [-0.2, -0.15) is 0 Å².